The lowest BCUT2D eigenvalue weighted by Gasteiger charge is -2.06. The molecule has 21 heavy (non-hydrogen) atoms. The van der Waals surface area contributed by atoms with Crippen molar-refractivity contribution in [2.75, 3.05) is 6.61 Å². The monoisotopic (exact) mass is 284 g/mol. The largest absolute Gasteiger partial charge is 0.494 e. The van der Waals surface area contributed by atoms with Gasteiger partial charge in [0, 0.05) is 12.6 Å². The Balaban J connectivity index is 1.73. The normalized spacial score (nSPS) is 10.1. The number of benzene rings is 1. The van der Waals surface area contributed by atoms with Crippen LogP contribution in [0.25, 0.3) is 0 Å². The molecule has 0 aliphatic heterocycles. The second-order valence-electron chi connectivity index (χ2n) is 4.67. The van der Waals surface area contributed by atoms with Crippen LogP contribution in [0.2, 0.25) is 0 Å². The summed E-state index contributed by atoms with van der Waals surface area (Å²) in [5.41, 5.74) is 2.00. The molecule has 0 saturated carbocycles. The van der Waals surface area contributed by atoms with Crippen molar-refractivity contribution in [1.29, 1.82) is 0 Å². The molecule has 1 N–H and O–H groups in total. The third-order valence-electron chi connectivity index (χ3n) is 3.07. The van der Waals surface area contributed by atoms with Crippen LogP contribution in [0.5, 0.6) is 5.75 Å². The van der Waals surface area contributed by atoms with Gasteiger partial charge in [0.15, 0.2) is 0 Å². The van der Waals surface area contributed by atoms with Crippen LogP contribution >= 0.6 is 0 Å². The van der Waals surface area contributed by atoms with E-state index in [-0.39, 0.29) is 5.91 Å². The van der Waals surface area contributed by atoms with Crippen LogP contribution in [0.1, 0.15) is 24.6 Å². The summed E-state index contributed by atoms with van der Waals surface area (Å²) in [4.78, 5) is 16.0. The molecule has 0 fully saturated rings. The molecule has 2 rings (SSSR count). The summed E-state index contributed by atoms with van der Waals surface area (Å²) >= 11 is 0. The van der Waals surface area contributed by atoms with Crippen LogP contribution in [-0.2, 0) is 17.8 Å². The number of aromatic nitrogens is 1. The number of aryl methyl sites for hydroxylation is 1. The maximum Gasteiger partial charge on any atom is 0.220 e. The number of carbonyl (C=O) groups is 1. The first-order valence-electron chi connectivity index (χ1n) is 7.16. The van der Waals surface area contributed by atoms with Gasteiger partial charge in [0.1, 0.15) is 5.75 Å². The zero-order chi connectivity index (χ0) is 14.9. The second-order valence-corrected chi connectivity index (χ2v) is 4.67. The van der Waals surface area contributed by atoms with E-state index in [4.69, 9.17) is 4.74 Å². The van der Waals surface area contributed by atoms with E-state index in [1.807, 2.05) is 49.4 Å². The Morgan fingerprint density at radius 3 is 2.67 bits per heavy atom. The zero-order valence-electron chi connectivity index (χ0n) is 12.2. The minimum absolute atomic E-state index is 0.0366. The maximum atomic E-state index is 11.8. The van der Waals surface area contributed by atoms with Crippen molar-refractivity contribution >= 4 is 5.91 Å². The molecule has 4 heteroatoms. The fourth-order valence-electron chi connectivity index (χ4n) is 1.96. The Bertz CT molecular complexity index is 553. The second kappa shape index (κ2) is 8.04. The van der Waals surface area contributed by atoms with Crippen LogP contribution in [0.15, 0.2) is 48.7 Å². The zero-order valence-corrected chi connectivity index (χ0v) is 12.2. The van der Waals surface area contributed by atoms with Gasteiger partial charge < -0.3 is 10.1 Å². The fraction of sp³-hybridized carbons (Fsp3) is 0.294. The number of hydrogen-bond acceptors (Lipinski definition) is 3. The smallest absolute Gasteiger partial charge is 0.220 e. The van der Waals surface area contributed by atoms with Gasteiger partial charge in [-0.1, -0.05) is 18.2 Å². The molecule has 0 saturated heterocycles. The Kier molecular flexibility index (Phi) is 5.76. The van der Waals surface area contributed by atoms with Gasteiger partial charge in [-0.2, -0.15) is 0 Å². The summed E-state index contributed by atoms with van der Waals surface area (Å²) in [5.74, 6) is 0.899. The Morgan fingerprint density at radius 2 is 2.00 bits per heavy atom. The van der Waals surface area contributed by atoms with Gasteiger partial charge in [0.05, 0.1) is 18.8 Å². The number of pyridine rings is 1. The Labute approximate surface area is 125 Å². The quantitative estimate of drug-likeness (QED) is 0.850. The topological polar surface area (TPSA) is 51.2 Å². The van der Waals surface area contributed by atoms with Crippen LogP contribution in [0, 0.1) is 0 Å². The van der Waals surface area contributed by atoms with E-state index in [9.17, 15) is 4.79 Å². The summed E-state index contributed by atoms with van der Waals surface area (Å²) in [7, 11) is 0. The molecule has 1 aromatic heterocycles. The van der Waals surface area contributed by atoms with Crippen molar-refractivity contribution < 1.29 is 9.53 Å². The van der Waals surface area contributed by atoms with Crippen molar-refractivity contribution in [1.82, 2.24) is 10.3 Å². The maximum absolute atomic E-state index is 11.8. The van der Waals surface area contributed by atoms with Crippen molar-refractivity contribution in [2.45, 2.75) is 26.3 Å². The van der Waals surface area contributed by atoms with Gasteiger partial charge in [-0.05, 0) is 43.2 Å². The highest BCUT2D eigenvalue weighted by molar-refractivity contribution is 5.76. The van der Waals surface area contributed by atoms with E-state index in [2.05, 4.69) is 10.3 Å². The molecule has 1 amide bonds. The number of rotatable bonds is 7. The average molecular weight is 284 g/mol. The predicted molar refractivity (Wildman–Crippen MR) is 82.0 cm³/mol. The van der Waals surface area contributed by atoms with E-state index >= 15 is 0 Å². The first kappa shape index (κ1) is 15.0. The van der Waals surface area contributed by atoms with Gasteiger partial charge in [-0.25, -0.2) is 0 Å². The highest BCUT2D eigenvalue weighted by Gasteiger charge is 2.03. The summed E-state index contributed by atoms with van der Waals surface area (Å²) in [6, 6.07) is 13.5. The average Bonchev–Trinajstić information content (AvgIpc) is 2.53. The van der Waals surface area contributed by atoms with E-state index in [1.54, 1.807) is 6.20 Å². The molecule has 0 atom stereocenters. The lowest BCUT2D eigenvalue weighted by atomic mass is 10.1. The Morgan fingerprint density at radius 1 is 1.19 bits per heavy atom. The third-order valence-corrected chi connectivity index (χ3v) is 3.07. The molecule has 0 radical (unpaired) electrons. The number of nitrogens with zero attached hydrogens (tertiary/aromatic N) is 1. The summed E-state index contributed by atoms with van der Waals surface area (Å²) < 4.78 is 5.39. The summed E-state index contributed by atoms with van der Waals surface area (Å²) in [6.07, 6.45) is 2.92. The number of carbonyl (C=O) groups excluding carboxylic acids is 1. The van der Waals surface area contributed by atoms with Crippen LogP contribution in [0.4, 0.5) is 0 Å². The van der Waals surface area contributed by atoms with Crippen molar-refractivity contribution in [3.63, 3.8) is 0 Å². The third kappa shape index (κ3) is 5.26. The molecule has 4 nitrogen and oxygen atoms in total. The molecule has 0 aliphatic carbocycles. The number of nitrogens with one attached hydrogen (secondary N) is 1. The van der Waals surface area contributed by atoms with Gasteiger partial charge in [0.25, 0.3) is 0 Å². The highest BCUT2D eigenvalue weighted by atomic mass is 16.5. The molecule has 0 unspecified atom stereocenters. The molecular weight excluding hydrogens is 264 g/mol. The molecule has 0 spiro atoms. The minimum atomic E-state index is 0.0366. The molecule has 1 heterocycles. The van der Waals surface area contributed by atoms with Gasteiger partial charge in [-0.15, -0.1) is 0 Å². The molecule has 0 bridgehead atoms. The molecule has 1 aromatic carbocycles. The van der Waals surface area contributed by atoms with Crippen molar-refractivity contribution in [3.05, 3.63) is 59.9 Å². The van der Waals surface area contributed by atoms with E-state index in [0.29, 0.717) is 19.6 Å². The van der Waals surface area contributed by atoms with Crippen molar-refractivity contribution in [2.24, 2.45) is 0 Å². The molecular formula is C17H20N2O2. The SMILES string of the molecule is CCOc1ccc(CCC(=O)NCc2ccccn2)cc1. The highest BCUT2D eigenvalue weighted by Crippen LogP contribution is 2.13. The van der Waals surface area contributed by atoms with Crippen LogP contribution < -0.4 is 10.1 Å². The van der Waals surface area contributed by atoms with Crippen LogP contribution in [0.3, 0.4) is 0 Å². The number of ether oxygens (including phenoxy) is 1. The lowest BCUT2D eigenvalue weighted by Crippen LogP contribution is -2.23. The molecule has 0 aliphatic rings. The van der Waals surface area contributed by atoms with E-state index in [1.165, 1.54) is 0 Å². The first-order chi connectivity index (χ1) is 10.3. The van der Waals surface area contributed by atoms with E-state index in [0.717, 1.165) is 23.4 Å². The standard InChI is InChI=1S/C17H20N2O2/c1-2-21-16-9-6-14(7-10-16)8-11-17(20)19-13-15-5-3-4-12-18-15/h3-7,9-10,12H,2,8,11,13H2,1H3,(H,19,20). The fourth-order valence-corrected chi connectivity index (χ4v) is 1.96. The number of hydrogen-bond donors (Lipinski definition) is 1. The van der Waals surface area contributed by atoms with Crippen molar-refractivity contribution in [3.8, 4) is 5.75 Å². The Hall–Kier alpha value is -2.36. The molecule has 2 aromatic rings. The molecule has 110 valence electrons. The summed E-state index contributed by atoms with van der Waals surface area (Å²) in [5, 5.41) is 2.87. The van der Waals surface area contributed by atoms with Crippen LogP contribution in [-0.4, -0.2) is 17.5 Å². The van der Waals surface area contributed by atoms with Gasteiger partial charge in [0.2, 0.25) is 5.91 Å². The predicted octanol–water partition coefficient (Wildman–Crippen LogP) is 2.73. The first-order valence-corrected chi connectivity index (χ1v) is 7.16. The van der Waals surface area contributed by atoms with Gasteiger partial charge in [-0.3, -0.25) is 9.78 Å². The number of amides is 1. The van der Waals surface area contributed by atoms with E-state index < -0.39 is 0 Å². The van der Waals surface area contributed by atoms with Gasteiger partial charge >= 0.3 is 0 Å². The minimum Gasteiger partial charge on any atom is -0.494 e. The summed E-state index contributed by atoms with van der Waals surface area (Å²) in [6.45, 7) is 3.10. The lowest BCUT2D eigenvalue weighted by molar-refractivity contribution is -0.121.